The third-order valence-corrected chi connectivity index (χ3v) is 7.65. The van der Waals surface area contributed by atoms with Crippen LogP contribution in [-0.4, -0.2) is 67.5 Å². The summed E-state index contributed by atoms with van der Waals surface area (Å²) in [5, 5.41) is 1.24. The third kappa shape index (κ3) is 3.80. The van der Waals surface area contributed by atoms with Crippen LogP contribution in [0.4, 0.5) is 5.82 Å². The van der Waals surface area contributed by atoms with Crippen molar-refractivity contribution in [1.82, 2.24) is 14.9 Å². The minimum Gasteiger partial charge on any atom is -0.486 e. The predicted octanol–water partition coefficient (Wildman–Crippen LogP) is 3.29. The molecule has 6 rings (SSSR count). The molecule has 1 fully saturated rings. The molecule has 0 bridgehead atoms. The molecule has 2 aliphatic heterocycles. The second-order valence-corrected chi connectivity index (χ2v) is 9.85. The Bertz CT molecular complexity index is 1130. The molecule has 0 radical (unpaired) electrons. The first kappa shape index (κ1) is 20.2. The Balaban J connectivity index is 1.30. The van der Waals surface area contributed by atoms with E-state index in [1.54, 1.807) is 0 Å². The molecule has 168 valence electrons. The van der Waals surface area contributed by atoms with Crippen LogP contribution in [0.25, 0.3) is 10.2 Å². The van der Waals surface area contributed by atoms with Crippen LogP contribution in [-0.2, 0) is 24.1 Å². The van der Waals surface area contributed by atoms with Crippen LogP contribution >= 0.6 is 11.3 Å². The first-order valence-electron chi connectivity index (χ1n) is 11.5. The number of fused-ring (bicyclic) bond motifs is 4. The average Bonchev–Trinajstić information content (AvgIpc) is 3.40. The van der Waals surface area contributed by atoms with Gasteiger partial charge in [-0.3, -0.25) is 4.90 Å². The monoisotopic (exact) mass is 452 g/mol. The number of thiophene rings is 1. The van der Waals surface area contributed by atoms with Gasteiger partial charge in [0.2, 0.25) is 0 Å². The SMILES string of the molecule is CN(C[C@@H]1COc2ccccc2O1)c1nc(CN2CCOCC2)nc2sc3c(c12)CCC3. The van der Waals surface area contributed by atoms with Gasteiger partial charge in [0, 0.05) is 25.0 Å². The standard InChI is InChI=1S/C24H28N4O3S/c1-27(13-16-15-30-18-6-2-3-7-19(18)31-16)23-22-17-5-4-8-20(17)32-24(22)26-21(25-23)14-28-9-11-29-12-10-28/h2-3,6-7,16H,4-5,8-15H2,1H3/t16-/m1/s1. The van der Waals surface area contributed by atoms with E-state index in [0.29, 0.717) is 13.2 Å². The van der Waals surface area contributed by atoms with E-state index in [-0.39, 0.29) is 6.10 Å². The zero-order valence-corrected chi connectivity index (χ0v) is 19.2. The summed E-state index contributed by atoms with van der Waals surface area (Å²) in [5.74, 6) is 3.56. The van der Waals surface area contributed by atoms with Crippen LogP contribution in [0.15, 0.2) is 24.3 Å². The number of rotatable bonds is 5. The fourth-order valence-corrected chi connectivity index (χ4v) is 6.15. The Kier molecular flexibility index (Phi) is 5.37. The molecule has 3 aromatic rings. The van der Waals surface area contributed by atoms with E-state index < -0.39 is 0 Å². The van der Waals surface area contributed by atoms with Gasteiger partial charge in [0.25, 0.3) is 0 Å². The van der Waals surface area contributed by atoms with Crippen molar-refractivity contribution in [2.24, 2.45) is 0 Å². The second kappa shape index (κ2) is 8.50. The highest BCUT2D eigenvalue weighted by Crippen LogP contribution is 2.41. The number of anilines is 1. The van der Waals surface area contributed by atoms with Crippen LogP contribution in [0.2, 0.25) is 0 Å². The van der Waals surface area contributed by atoms with Crippen molar-refractivity contribution in [3.8, 4) is 11.5 Å². The molecular weight excluding hydrogens is 424 g/mol. The minimum absolute atomic E-state index is 0.0470. The molecule has 0 saturated carbocycles. The molecule has 0 unspecified atom stereocenters. The highest BCUT2D eigenvalue weighted by molar-refractivity contribution is 7.19. The summed E-state index contributed by atoms with van der Waals surface area (Å²) in [6.07, 6.45) is 3.47. The molecule has 4 heterocycles. The highest BCUT2D eigenvalue weighted by Gasteiger charge is 2.27. The van der Waals surface area contributed by atoms with Crippen molar-refractivity contribution in [3.05, 3.63) is 40.5 Å². The molecule has 1 atom stereocenters. The van der Waals surface area contributed by atoms with Gasteiger partial charge >= 0.3 is 0 Å². The number of aryl methyl sites for hydroxylation is 2. The molecule has 8 heteroatoms. The third-order valence-electron chi connectivity index (χ3n) is 6.47. The Hall–Kier alpha value is -2.42. The lowest BCUT2D eigenvalue weighted by molar-refractivity contribution is 0.0331. The van der Waals surface area contributed by atoms with Crippen molar-refractivity contribution in [2.75, 3.05) is 51.4 Å². The first-order chi connectivity index (χ1) is 15.7. The van der Waals surface area contributed by atoms with Crippen molar-refractivity contribution in [2.45, 2.75) is 31.9 Å². The summed E-state index contributed by atoms with van der Waals surface area (Å²) < 4.78 is 17.7. The van der Waals surface area contributed by atoms with Crippen LogP contribution in [0.1, 0.15) is 22.7 Å². The Labute approximate surface area is 191 Å². The highest BCUT2D eigenvalue weighted by atomic mass is 32.1. The summed E-state index contributed by atoms with van der Waals surface area (Å²) in [6, 6.07) is 7.88. The van der Waals surface area contributed by atoms with Gasteiger partial charge in [-0.2, -0.15) is 0 Å². The van der Waals surface area contributed by atoms with Crippen LogP contribution < -0.4 is 14.4 Å². The molecule has 1 aromatic carbocycles. The largest absolute Gasteiger partial charge is 0.486 e. The van der Waals surface area contributed by atoms with Crippen LogP contribution in [0.5, 0.6) is 11.5 Å². The molecule has 32 heavy (non-hydrogen) atoms. The maximum atomic E-state index is 6.23. The van der Waals surface area contributed by atoms with E-state index in [1.807, 2.05) is 35.6 Å². The summed E-state index contributed by atoms with van der Waals surface area (Å²) in [6.45, 7) is 5.44. The van der Waals surface area contributed by atoms with E-state index in [9.17, 15) is 0 Å². The molecule has 0 amide bonds. The number of morpholine rings is 1. The van der Waals surface area contributed by atoms with Gasteiger partial charge in [0.15, 0.2) is 17.6 Å². The van der Waals surface area contributed by atoms with E-state index in [2.05, 4.69) is 16.8 Å². The van der Waals surface area contributed by atoms with E-state index in [4.69, 9.17) is 24.2 Å². The van der Waals surface area contributed by atoms with Gasteiger partial charge in [0.05, 0.1) is 31.7 Å². The Morgan fingerprint density at radius 1 is 1.12 bits per heavy atom. The lowest BCUT2D eigenvalue weighted by Crippen LogP contribution is -2.40. The molecule has 1 aliphatic carbocycles. The summed E-state index contributed by atoms with van der Waals surface area (Å²) >= 11 is 1.85. The van der Waals surface area contributed by atoms with Crippen molar-refractivity contribution < 1.29 is 14.2 Å². The maximum absolute atomic E-state index is 6.23. The Morgan fingerprint density at radius 2 is 1.97 bits per heavy atom. The van der Waals surface area contributed by atoms with Gasteiger partial charge in [-0.25, -0.2) is 9.97 Å². The smallest absolute Gasteiger partial charge is 0.161 e. The molecule has 7 nitrogen and oxygen atoms in total. The van der Waals surface area contributed by atoms with E-state index in [0.717, 1.165) is 73.7 Å². The Morgan fingerprint density at radius 3 is 2.84 bits per heavy atom. The number of ether oxygens (including phenoxy) is 3. The van der Waals surface area contributed by atoms with Gasteiger partial charge in [-0.15, -0.1) is 11.3 Å². The number of likely N-dealkylation sites (N-methyl/N-ethyl adjacent to an activating group) is 1. The zero-order chi connectivity index (χ0) is 21.5. The lowest BCUT2D eigenvalue weighted by atomic mass is 10.1. The predicted molar refractivity (Wildman–Crippen MR) is 125 cm³/mol. The topological polar surface area (TPSA) is 60.0 Å². The summed E-state index contributed by atoms with van der Waals surface area (Å²) in [7, 11) is 2.11. The fraction of sp³-hybridized carbons (Fsp3) is 0.500. The molecule has 0 spiro atoms. The normalized spacial score (nSPS) is 20.5. The van der Waals surface area contributed by atoms with Gasteiger partial charge in [-0.1, -0.05) is 12.1 Å². The zero-order valence-electron chi connectivity index (χ0n) is 18.4. The van der Waals surface area contributed by atoms with Crippen molar-refractivity contribution >= 4 is 27.4 Å². The molecule has 1 saturated heterocycles. The molecular formula is C24H28N4O3S. The maximum Gasteiger partial charge on any atom is 0.161 e. The summed E-state index contributed by atoms with van der Waals surface area (Å²) in [5.41, 5.74) is 1.45. The minimum atomic E-state index is -0.0470. The number of aromatic nitrogens is 2. The van der Waals surface area contributed by atoms with Gasteiger partial charge < -0.3 is 19.1 Å². The van der Waals surface area contributed by atoms with Crippen LogP contribution in [0, 0.1) is 0 Å². The molecule has 2 aromatic heterocycles. The average molecular weight is 453 g/mol. The number of para-hydroxylation sites is 2. The number of nitrogens with zero attached hydrogens (tertiary/aromatic N) is 4. The summed E-state index contributed by atoms with van der Waals surface area (Å²) in [4.78, 5) is 17.3. The van der Waals surface area contributed by atoms with Crippen LogP contribution in [0.3, 0.4) is 0 Å². The van der Waals surface area contributed by atoms with E-state index in [1.165, 1.54) is 22.2 Å². The number of hydrogen-bond acceptors (Lipinski definition) is 8. The van der Waals surface area contributed by atoms with Crippen molar-refractivity contribution in [1.29, 1.82) is 0 Å². The molecule has 3 aliphatic rings. The number of benzene rings is 1. The molecule has 0 N–H and O–H groups in total. The first-order valence-corrected chi connectivity index (χ1v) is 12.3. The quantitative estimate of drug-likeness (QED) is 0.589. The van der Waals surface area contributed by atoms with Gasteiger partial charge in [-0.05, 0) is 37.0 Å². The fourth-order valence-electron chi connectivity index (χ4n) is 4.87. The van der Waals surface area contributed by atoms with Gasteiger partial charge in [0.1, 0.15) is 23.1 Å². The van der Waals surface area contributed by atoms with E-state index >= 15 is 0 Å². The van der Waals surface area contributed by atoms with Crippen molar-refractivity contribution in [3.63, 3.8) is 0 Å². The number of hydrogen-bond donors (Lipinski definition) is 0. The second-order valence-electron chi connectivity index (χ2n) is 8.77. The lowest BCUT2D eigenvalue weighted by Gasteiger charge is -2.30.